The van der Waals surface area contributed by atoms with Gasteiger partial charge in [-0.05, 0) is 0 Å². The van der Waals surface area contributed by atoms with Crippen molar-refractivity contribution in [3.63, 3.8) is 0 Å². The Morgan fingerprint density at radius 3 is 1.47 bits per heavy atom. The number of rotatable bonds is 3. The van der Waals surface area contributed by atoms with Crippen molar-refractivity contribution in [1.82, 2.24) is 0 Å². The number of benzene rings is 2. The van der Waals surface area contributed by atoms with Gasteiger partial charge >= 0.3 is 91.9 Å². The molecule has 0 aromatic heterocycles. The van der Waals surface area contributed by atoms with Gasteiger partial charge in [0.2, 0.25) is 0 Å². The summed E-state index contributed by atoms with van der Waals surface area (Å²) >= 11 is 0. The van der Waals surface area contributed by atoms with Gasteiger partial charge in [-0.1, -0.05) is 0 Å². The summed E-state index contributed by atoms with van der Waals surface area (Å²) in [5, 5.41) is 0. The van der Waals surface area contributed by atoms with Crippen LogP contribution >= 0.6 is 9.47 Å². The van der Waals surface area contributed by atoms with E-state index in [9.17, 15) is 0 Å². The molecule has 0 N–H and O–H groups in total. The molecule has 2 aromatic rings. The zero-order valence-electron chi connectivity index (χ0n) is 8.68. The Labute approximate surface area is 92.4 Å². The molecule has 2 heteroatoms. The Hall–Kier alpha value is -1.17. The van der Waals surface area contributed by atoms with Crippen LogP contribution in [0.3, 0.4) is 0 Å². The van der Waals surface area contributed by atoms with Gasteiger partial charge in [-0.15, -0.1) is 0 Å². The van der Waals surface area contributed by atoms with Crippen LogP contribution in [0, 0.1) is 6.10 Å². The second-order valence-electron chi connectivity index (χ2n) is 3.27. The first-order valence-electron chi connectivity index (χ1n) is 4.93. The van der Waals surface area contributed by atoms with E-state index < -0.39 is 0 Å². The van der Waals surface area contributed by atoms with E-state index in [1.807, 2.05) is 36.4 Å². The van der Waals surface area contributed by atoms with Gasteiger partial charge in [0.25, 0.3) is 0 Å². The summed E-state index contributed by atoms with van der Waals surface area (Å²) in [5.74, 6) is 0. The van der Waals surface area contributed by atoms with Gasteiger partial charge in [0, 0.05) is 0 Å². The van der Waals surface area contributed by atoms with Crippen molar-refractivity contribution >= 4 is 9.47 Å². The van der Waals surface area contributed by atoms with Gasteiger partial charge < -0.3 is 0 Å². The monoisotopic (exact) mass is 217 g/mol. The third kappa shape index (κ3) is 2.44. The van der Waals surface area contributed by atoms with E-state index in [1.165, 1.54) is 0 Å². The second kappa shape index (κ2) is 5.06. The first-order chi connectivity index (χ1) is 7.42. The van der Waals surface area contributed by atoms with Crippen LogP contribution in [0.4, 0.5) is 0 Å². The fraction of sp³-hybridized carbons (Fsp3) is 0. The average Bonchev–Trinajstić information content (AvgIpc) is 2.33. The van der Waals surface area contributed by atoms with Crippen molar-refractivity contribution in [3.8, 4) is 0 Å². The zero-order chi connectivity index (χ0) is 10.5. The topological polar surface area (TPSA) is 9.23 Å². The van der Waals surface area contributed by atoms with Crippen LogP contribution < -0.4 is 0 Å². The van der Waals surface area contributed by atoms with Crippen LogP contribution in [0.15, 0.2) is 60.7 Å². The van der Waals surface area contributed by atoms with Crippen molar-refractivity contribution in [2.75, 3.05) is 0 Å². The Bertz CT molecular complexity index is 360. The number of hydrogen-bond donors (Lipinski definition) is 0. The molecule has 0 aliphatic heterocycles. The third-order valence-electron chi connectivity index (χ3n) is 2.28. The van der Waals surface area contributed by atoms with Crippen LogP contribution in [-0.2, 0) is 4.52 Å². The molecule has 0 bridgehead atoms. The molecule has 0 amide bonds. The van der Waals surface area contributed by atoms with Gasteiger partial charge in [0.05, 0.1) is 0 Å². The first kappa shape index (κ1) is 10.4. The minimum absolute atomic E-state index is 0.705. The average molecular weight is 217 g/mol. The Kier molecular flexibility index (Phi) is 3.49. The van der Waals surface area contributed by atoms with Gasteiger partial charge in [-0.2, -0.15) is 0 Å². The molecule has 0 unspecified atom stereocenters. The van der Waals surface area contributed by atoms with E-state index in [2.05, 4.69) is 24.3 Å². The van der Waals surface area contributed by atoms with E-state index >= 15 is 0 Å². The van der Waals surface area contributed by atoms with E-state index in [-0.39, 0.29) is 0 Å². The standard InChI is InChI=1S/C13H14OP/c15-14-13(11-7-3-1-4-8-11)12-9-5-2-6-10-12/h1-10H,15H4. The molecule has 2 rings (SSSR count). The Morgan fingerprint density at radius 2 is 1.13 bits per heavy atom. The maximum absolute atomic E-state index is 5.58. The summed E-state index contributed by atoms with van der Waals surface area (Å²) in [5.41, 5.74) is 2.28. The summed E-state index contributed by atoms with van der Waals surface area (Å²) in [6.45, 7) is 0. The molecule has 2 aromatic carbocycles. The maximum atomic E-state index is 5.58. The van der Waals surface area contributed by atoms with Crippen LogP contribution in [-0.4, -0.2) is 0 Å². The molecular formula is C13H14OP. The quantitative estimate of drug-likeness (QED) is 0.718. The van der Waals surface area contributed by atoms with Crippen LogP contribution in [0.25, 0.3) is 0 Å². The van der Waals surface area contributed by atoms with E-state index in [4.69, 9.17) is 4.52 Å². The van der Waals surface area contributed by atoms with E-state index in [0.29, 0.717) is 9.47 Å². The number of hydrogen-bond acceptors (Lipinski definition) is 1. The molecule has 77 valence electrons. The normalized spacial score (nSPS) is 10.6. The summed E-state index contributed by atoms with van der Waals surface area (Å²) in [7, 11) is 0.705. The molecule has 0 aliphatic carbocycles. The molecule has 1 nitrogen and oxygen atoms in total. The molecule has 0 saturated heterocycles. The molecule has 0 saturated carbocycles. The van der Waals surface area contributed by atoms with Crippen molar-refractivity contribution in [2.45, 2.75) is 0 Å². The van der Waals surface area contributed by atoms with E-state index in [1.54, 1.807) is 0 Å². The molecule has 0 atom stereocenters. The molecule has 0 aliphatic rings. The Balaban J connectivity index is 2.34. The molecule has 0 spiro atoms. The SMILES string of the molecule is [PH4]O[C](c1ccccc1)c1ccccc1. The summed E-state index contributed by atoms with van der Waals surface area (Å²) in [6, 6.07) is 20.4. The molecule has 0 fully saturated rings. The predicted octanol–water partition coefficient (Wildman–Crippen LogP) is 2.89. The second-order valence-corrected chi connectivity index (χ2v) is 3.67. The first-order valence-corrected chi connectivity index (χ1v) is 5.75. The summed E-state index contributed by atoms with van der Waals surface area (Å²) in [4.78, 5) is 0. The summed E-state index contributed by atoms with van der Waals surface area (Å²) < 4.78 is 5.58. The van der Waals surface area contributed by atoms with Gasteiger partial charge in [-0.3, -0.25) is 0 Å². The fourth-order valence-electron chi connectivity index (χ4n) is 1.58. The minimum atomic E-state index is 0.705. The van der Waals surface area contributed by atoms with Crippen LogP contribution in [0.1, 0.15) is 11.1 Å². The van der Waals surface area contributed by atoms with Gasteiger partial charge in [0.1, 0.15) is 0 Å². The zero-order valence-corrected chi connectivity index (χ0v) is 10.7. The Morgan fingerprint density at radius 1 is 0.733 bits per heavy atom. The van der Waals surface area contributed by atoms with Crippen molar-refractivity contribution in [2.24, 2.45) is 0 Å². The van der Waals surface area contributed by atoms with Gasteiger partial charge in [0.15, 0.2) is 0 Å². The van der Waals surface area contributed by atoms with Crippen LogP contribution in [0.5, 0.6) is 0 Å². The molecular weight excluding hydrogens is 203 g/mol. The summed E-state index contributed by atoms with van der Waals surface area (Å²) in [6.07, 6.45) is 0.975. The molecule has 0 heterocycles. The van der Waals surface area contributed by atoms with Crippen molar-refractivity contribution < 1.29 is 4.52 Å². The third-order valence-corrected chi connectivity index (χ3v) is 2.68. The molecule has 15 heavy (non-hydrogen) atoms. The molecule has 1 radical (unpaired) electrons. The van der Waals surface area contributed by atoms with E-state index in [0.717, 1.165) is 17.2 Å². The van der Waals surface area contributed by atoms with Gasteiger partial charge in [-0.25, -0.2) is 0 Å². The van der Waals surface area contributed by atoms with Crippen LogP contribution in [0.2, 0.25) is 0 Å². The predicted molar refractivity (Wildman–Crippen MR) is 67.9 cm³/mol. The van der Waals surface area contributed by atoms with Crippen molar-refractivity contribution in [1.29, 1.82) is 0 Å². The van der Waals surface area contributed by atoms with Crippen molar-refractivity contribution in [3.05, 3.63) is 77.9 Å². The fourth-order valence-corrected chi connectivity index (χ4v) is 2.05.